The summed E-state index contributed by atoms with van der Waals surface area (Å²) < 4.78 is 0. The first kappa shape index (κ1) is 14.6. The molecule has 0 atom stereocenters. The van der Waals surface area contributed by atoms with Crippen molar-refractivity contribution < 1.29 is 9.59 Å². The Balaban J connectivity index is 2.25. The standard InChI is InChI=1S/C16H17N3O2S/c1-8-5-6-9-3-2-4-10-12(14(17)20)15(19-16(18)21)22-13(10)11(9)7-8/h5-7H,2-4H2,1H3,(H2,17,20)(H3,18,19,21). The number of urea groups is 1. The monoisotopic (exact) mass is 315 g/mol. The second kappa shape index (κ2) is 5.46. The number of aryl methyl sites for hydroxylation is 2. The number of nitrogens with one attached hydrogen (secondary N) is 1. The van der Waals surface area contributed by atoms with Gasteiger partial charge in [-0.3, -0.25) is 10.1 Å². The lowest BCUT2D eigenvalue weighted by Gasteiger charge is -2.06. The molecule has 1 aliphatic rings. The second-order valence-electron chi connectivity index (χ2n) is 5.48. The summed E-state index contributed by atoms with van der Waals surface area (Å²) in [6.45, 7) is 2.04. The second-order valence-corrected chi connectivity index (χ2v) is 6.50. The summed E-state index contributed by atoms with van der Waals surface area (Å²) in [5.74, 6) is -0.530. The Morgan fingerprint density at radius 3 is 2.68 bits per heavy atom. The molecule has 0 saturated carbocycles. The van der Waals surface area contributed by atoms with Gasteiger partial charge < -0.3 is 11.5 Å². The number of hydrogen-bond acceptors (Lipinski definition) is 3. The fourth-order valence-electron chi connectivity index (χ4n) is 2.96. The Hall–Kier alpha value is -2.34. The summed E-state index contributed by atoms with van der Waals surface area (Å²) in [5, 5.41) is 2.98. The van der Waals surface area contributed by atoms with Crippen LogP contribution in [-0.2, 0) is 12.8 Å². The van der Waals surface area contributed by atoms with Gasteiger partial charge in [-0.15, -0.1) is 11.3 Å². The third-order valence-electron chi connectivity index (χ3n) is 3.87. The fourth-order valence-corrected chi connectivity index (χ4v) is 4.27. The number of fused-ring (bicyclic) bond motifs is 3. The maximum atomic E-state index is 11.9. The van der Waals surface area contributed by atoms with Crippen molar-refractivity contribution in [3.05, 3.63) is 40.5 Å². The van der Waals surface area contributed by atoms with Crippen molar-refractivity contribution in [2.24, 2.45) is 11.5 Å². The number of hydrogen-bond donors (Lipinski definition) is 3. The molecule has 1 heterocycles. The van der Waals surface area contributed by atoms with Crippen LogP contribution in [0.25, 0.3) is 10.4 Å². The van der Waals surface area contributed by atoms with Gasteiger partial charge in [0.2, 0.25) is 0 Å². The van der Waals surface area contributed by atoms with Crippen LogP contribution in [0, 0.1) is 6.92 Å². The molecule has 0 radical (unpaired) electrons. The van der Waals surface area contributed by atoms with Crippen LogP contribution in [-0.4, -0.2) is 11.9 Å². The molecule has 2 aromatic rings. The van der Waals surface area contributed by atoms with Crippen LogP contribution < -0.4 is 16.8 Å². The average Bonchev–Trinajstić information content (AvgIpc) is 2.69. The van der Waals surface area contributed by atoms with Crippen LogP contribution in [0.2, 0.25) is 0 Å². The van der Waals surface area contributed by atoms with Gasteiger partial charge in [0.1, 0.15) is 5.00 Å². The number of carbonyl (C=O) groups excluding carboxylic acids is 2. The minimum Gasteiger partial charge on any atom is -0.365 e. The number of rotatable bonds is 2. The van der Waals surface area contributed by atoms with E-state index in [1.54, 1.807) is 0 Å². The number of nitrogens with two attached hydrogens (primary N) is 2. The normalized spacial score (nSPS) is 13.0. The van der Waals surface area contributed by atoms with E-state index in [1.807, 2.05) is 6.92 Å². The summed E-state index contributed by atoms with van der Waals surface area (Å²) in [7, 11) is 0. The van der Waals surface area contributed by atoms with E-state index in [9.17, 15) is 9.59 Å². The quantitative estimate of drug-likeness (QED) is 0.794. The van der Waals surface area contributed by atoms with E-state index in [-0.39, 0.29) is 0 Å². The first-order valence-electron chi connectivity index (χ1n) is 7.09. The van der Waals surface area contributed by atoms with Crippen molar-refractivity contribution in [1.82, 2.24) is 0 Å². The minimum atomic E-state index is -0.691. The molecular formula is C16H17N3O2S. The number of anilines is 1. The molecule has 6 heteroatoms. The predicted molar refractivity (Wildman–Crippen MR) is 88.2 cm³/mol. The zero-order valence-electron chi connectivity index (χ0n) is 12.2. The van der Waals surface area contributed by atoms with Gasteiger partial charge in [0, 0.05) is 4.88 Å². The van der Waals surface area contributed by atoms with Crippen molar-refractivity contribution in [1.29, 1.82) is 0 Å². The molecule has 0 aliphatic heterocycles. The highest BCUT2D eigenvalue weighted by Gasteiger charge is 2.26. The first-order chi connectivity index (χ1) is 10.5. The number of benzene rings is 1. The highest BCUT2D eigenvalue weighted by Crippen LogP contribution is 2.44. The maximum Gasteiger partial charge on any atom is 0.317 e. The van der Waals surface area contributed by atoms with Gasteiger partial charge in [0.25, 0.3) is 5.91 Å². The molecule has 5 nitrogen and oxygen atoms in total. The Bertz CT molecular complexity index is 780. The van der Waals surface area contributed by atoms with Gasteiger partial charge >= 0.3 is 6.03 Å². The fraction of sp³-hybridized carbons (Fsp3) is 0.250. The lowest BCUT2D eigenvalue weighted by atomic mass is 10.0. The zero-order valence-corrected chi connectivity index (χ0v) is 13.0. The number of carbonyl (C=O) groups is 2. The van der Waals surface area contributed by atoms with E-state index in [0.29, 0.717) is 10.6 Å². The highest BCUT2D eigenvalue weighted by molar-refractivity contribution is 7.20. The van der Waals surface area contributed by atoms with Crippen molar-refractivity contribution in [2.75, 3.05) is 5.32 Å². The van der Waals surface area contributed by atoms with Crippen molar-refractivity contribution in [2.45, 2.75) is 26.2 Å². The molecule has 0 saturated heterocycles. The summed E-state index contributed by atoms with van der Waals surface area (Å²) >= 11 is 1.37. The van der Waals surface area contributed by atoms with Gasteiger partial charge in [-0.25, -0.2) is 4.79 Å². The Labute approximate surface area is 132 Å². The molecular weight excluding hydrogens is 298 g/mol. The van der Waals surface area contributed by atoms with Gasteiger partial charge in [0.05, 0.1) is 5.56 Å². The minimum absolute atomic E-state index is 0.396. The SMILES string of the molecule is Cc1ccc2c(c1)-c1sc(NC(N)=O)c(C(N)=O)c1CCC2. The topological polar surface area (TPSA) is 98.2 Å². The molecule has 0 bridgehead atoms. The lowest BCUT2D eigenvalue weighted by molar-refractivity contribution is 0.100. The maximum absolute atomic E-state index is 11.9. The summed E-state index contributed by atoms with van der Waals surface area (Å²) in [5.41, 5.74) is 15.6. The molecule has 114 valence electrons. The highest BCUT2D eigenvalue weighted by atomic mass is 32.1. The smallest absolute Gasteiger partial charge is 0.317 e. The molecule has 5 N–H and O–H groups in total. The van der Waals surface area contributed by atoms with Gasteiger partial charge in [-0.05, 0) is 42.9 Å². The van der Waals surface area contributed by atoms with Gasteiger partial charge in [0.15, 0.2) is 0 Å². The Kier molecular flexibility index (Phi) is 3.62. The largest absolute Gasteiger partial charge is 0.365 e. The van der Waals surface area contributed by atoms with Crippen LogP contribution in [0.15, 0.2) is 18.2 Å². The summed E-state index contributed by atoms with van der Waals surface area (Å²) in [6.07, 6.45) is 2.67. The molecule has 1 aliphatic carbocycles. The predicted octanol–water partition coefficient (Wildman–Crippen LogP) is 2.80. The molecule has 0 unspecified atom stereocenters. The molecule has 0 fully saturated rings. The lowest BCUT2D eigenvalue weighted by Crippen LogP contribution is -2.22. The molecule has 1 aromatic carbocycles. The third kappa shape index (κ3) is 2.46. The van der Waals surface area contributed by atoms with Crippen molar-refractivity contribution in [3.63, 3.8) is 0 Å². The Morgan fingerprint density at radius 2 is 2.00 bits per heavy atom. The number of thiophene rings is 1. The van der Waals surface area contributed by atoms with Crippen molar-refractivity contribution >= 4 is 28.3 Å². The number of primary amides is 2. The van der Waals surface area contributed by atoms with Crippen LogP contribution in [0.5, 0.6) is 0 Å². The molecule has 1 aromatic heterocycles. The molecule has 3 amide bonds. The van der Waals surface area contributed by atoms with E-state index >= 15 is 0 Å². The average molecular weight is 315 g/mol. The number of amides is 3. The Morgan fingerprint density at radius 1 is 1.23 bits per heavy atom. The van der Waals surface area contributed by atoms with E-state index in [1.165, 1.54) is 16.9 Å². The zero-order chi connectivity index (χ0) is 15.9. The van der Waals surface area contributed by atoms with E-state index in [2.05, 4.69) is 23.5 Å². The van der Waals surface area contributed by atoms with E-state index in [0.717, 1.165) is 40.8 Å². The summed E-state index contributed by atoms with van der Waals surface area (Å²) in [6, 6.07) is 5.65. The van der Waals surface area contributed by atoms with Crippen LogP contribution in [0.3, 0.4) is 0 Å². The first-order valence-corrected chi connectivity index (χ1v) is 7.91. The van der Waals surface area contributed by atoms with Crippen molar-refractivity contribution in [3.8, 4) is 10.4 Å². The van der Waals surface area contributed by atoms with Crippen LogP contribution >= 0.6 is 11.3 Å². The van der Waals surface area contributed by atoms with Crippen LogP contribution in [0.1, 0.15) is 33.5 Å². The molecule has 0 spiro atoms. The molecule has 3 rings (SSSR count). The summed E-state index contributed by atoms with van der Waals surface area (Å²) in [4.78, 5) is 24.1. The van der Waals surface area contributed by atoms with Gasteiger partial charge in [-0.1, -0.05) is 23.8 Å². The van der Waals surface area contributed by atoms with E-state index in [4.69, 9.17) is 11.5 Å². The third-order valence-corrected chi connectivity index (χ3v) is 5.05. The van der Waals surface area contributed by atoms with Gasteiger partial charge in [-0.2, -0.15) is 0 Å². The van der Waals surface area contributed by atoms with Crippen LogP contribution in [0.4, 0.5) is 9.80 Å². The van der Waals surface area contributed by atoms with E-state index < -0.39 is 11.9 Å². The molecule has 22 heavy (non-hydrogen) atoms.